The molecule has 1 heteroatoms. The topological polar surface area (TPSA) is 20.2 Å². The van der Waals surface area contributed by atoms with E-state index in [1.54, 1.807) is 0 Å². The van der Waals surface area contributed by atoms with Gasteiger partial charge in [-0.15, -0.1) is 0 Å². The molecule has 0 spiro atoms. The quantitative estimate of drug-likeness (QED) is 0.684. The van der Waals surface area contributed by atoms with E-state index in [-0.39, 0.29) is 0 Å². The molecule has 1 unspecified atom stereocenters. The summed E-state index contributed by atoms with van der Waals surface area (Å²) in [6, 6.07) is 0. The Bertz CT molecular complexity index is 238. The molecule has 0 radical (unpaired) electrons. The van der Waals surface area contributed by atoms with Crippen LogP contribution in [0, 0.1) is 11.3 Å². The van der Waals surface area contributed by atoms with Crippen LogP contribution in [0.5, 0.6) is 0 Å². The van der Waals surface area contributed by atoms with E-state index < -0.39 is 5.60 Å². The molecule has 0 amide bonds. The lowest BCUT2D eigenvalue weighted by atomic mass is 9.75. The Hall–Kier alpha value is -0.300. The Labute approximate surface area is 87.2 Å². The minimum Gasteiger partial charge on any atom is -0.386 e. The summed E-state index contributed by atoms with van der Waals surface area (Å²) in [7, 11) is 0. The molecule has 14 heavy (non-hydrogen) atoms. The van der Waals surface area contributed by atoms with Crippen LogP contribution in [0.3, 0.4) is 0 Å². The summed E-state index contributed by atoms with van der Waals surface area (Å²) >= 11 is 0. The van der Waals surface area contributed by atoms with Gasteiger partial charge in [0.1, 0.15) is 0 Å². The van der Waals surface area contributed by atoms with E-state index in [2.05, 4.69) is 26.0 Å². The average Bonchev–Trinajstić information content (AvgIpc) is 2.92. The molecule has 1 fully saturated rings. The van der Waals surface area contributed by atoms with Crippen molar-refractivity contribution < 1.29 is 5.11 Å². The third-order valence-corrected chi connectivity index (χ3v) is 3.73. The zero-order chi connectivity index (χ0) is 10.2. The first-order valence-electron chi connectivity index (χ1n) is 5.92. The number of hydrogen-bond acceptors (Lipinski definition) is 1. The van der Waals surface area contributed by atoms with E-state index in [0.29, 0.717) is 5.41 Å². The van der Waals surface area contributed by atoms with E-state index in [9.17, 15) is 5.11 Å². The van der Waals surface area contributed by atoms with Gasteiger partial charge in [0.15, 0.2) is 0 Å². The summed E-state index contributed by atoms with van der Waals surface area (Å²) < 4.78 is 0. The molecule has 0 saturated heterocycles. The van der Waals surface area contributed by atoms with Crippen molar-refractivity contribution in [3.8, 4) is 0 Å². The minimum atomic E-state index is -0.474. The molecule has 0 heterocycles. The molecule has 2 aliphatic rings. The first kappa shape index (κ1) is 10.2. The van der Waals surface area contributed by atoms with E-state index in [1.807, 2.05) is 0 Å². The lowest BCUT2D eigenvalue weighted by Gasteiger charge is -2.34. The molecule has 2 rings (SSSR count). The van der Waals surface area contributed by atoms with Gasteiger partial charge in [0.2, 0.25) is 0 Å². The van der Waals surface area contributed by atoms with Crippen LogP contribution in [0.2, 0.25) is 0 Å². The molecule has 0 aromatic heterocycles. The van der Waals surface area contributed by atoms with Gasteiger partial charge in [0, 0.05) is 0 Å². The van der Waals surface area contributed by atoms with Crippen LogP contribution in [0.15, 0.2) is 12.2 Å². The van der Waals surface area contributed by atoms with Gasteiger partial charge < -0.3 is 5.11 Å². The molecule has 0 bridgehead atoms. The first-order valence-corrected chi connectivity index (χ1v) is 5.92. The predicted octanol–water partition coefficient (Wildman–Crippen LogP) is 3.28. The fraction of sp³-hybridized carbons (Fsp3) is 0.846. The molecule has 80 valence electrons. The Morgan fingerprint density at radius 2 is 1.93 bits per heavy atom. The van der Waals surface area contributed by atoms with Crippen LogP contribution in [-0.2, 0) is 0 Å². The van der Waals surface area contributed by atoms with Crippen molar-refractivity contribution >= 4 is 0 Å². The van der Waals surface area contributed by atoms with Crippen molar-refractivity contribution in [2.45, 2.75) is 58.0 Å². The first-order chi connectivity index (χ1) is 6.49. The van der Waals surface area contributed by atoms with Crippen LogP contribution in [-0.4, -0.2) is 10.7 Å². The Balaban J connectivity index is 1.89. The molecule has 1 saturated carbocycles. The Kier molecular flexibility index (Phi) is 2.46. The molecule has 1 nitrogen and oxygen atoms in total. The third-order valence-electron chi connectivity index (χ3n) is 3.73. The number of allylic oxidation sites excluding steroid dienone is 1. The van der Waals surface area contributed by atoms with E-state index in [0.717, 1.165) is 25.2 Å². The van der Waals surface area contributed by atoms with Crippen LogP contribution in [0.25, 0.3) is 0 Å². The van der Waals surface area contributed by atoms with Crippen molar-refractivity contribution in [2.24, 2.45) is 11.3 Å². The van der Waals surface area contributed by atoms with E-state index in [1.165, 1.54) is 19.3 Å². The average molecular weight is 194 g/mol. The van der Waals surface area contributed by atoms with Gasteiger partial charge in [0.25, 0.3) is 0 Å². The highest BCUT2D eigenvalue weighted by atomic mass is 16.3. The van der Waals surface area contributed by atoms with Crippen LogP contribution >= 0.6 is 0 Å². The molecule has 1 N–H and O–H groups in total. The lowest BCUT2D eigenvalue weighted by molar-refractivity contribution is 0.0489. The van der Waals surface area contributed by atoms with Gasteiger partial charge in [0.05, 0.1) is 5.60 Å². The smallest absolute Gasteiger partial charge is 0.0828 e. The summed E-state index contributed by atoms with van der Waals surface area (Å²) in [5, 5.41) is 10.3. The van der Waals surface area contributed by atoms with Gasteiger partial charge in [-0.25, -0.2) is 0 Å². The lowest BCUT2D eigenvalue weighted by Crippen LogP contribution is -2.32. The summed E-state index contributed by atoms with van der Waals surface area (Å²) in [5.41, 5.74) is -0.177. The highest BCUT2D eigenvalue weighted by Gasteiger charge is 2.33. The van der Waals surface area contributed by atoms with Crippen LogP contribution in [0.4, 0.5) is 0 Å². The fourth-order valence-electron chi connectivity index (χ4n) is 2.15. The van der Waals surface area contributed by atoms with Crippen LogP contribution in [0.1, 0.15) is 52.4 Å². The second-order valence-corrected chi connectivity index (χ2v) is 5.91. The number of hydrogen-bond donors (Lipinski definition) is 1. The third kappa shape index (κ3) is 2.60. The van der Waals surface area contributed by atoms with Gasteiger partial charge in [-0.3, -0.25) is 0 Å². The highest BCUT2D eigenvalue weighted by Crippen LogP contribution is 2.40. The Morgan fingerprint density at radius 3 is 2.43 bits per heavy atom. The van der Waals surface area contributed by atoms with Gasteiger partial charge in [-0.1, -0.05) is 38.8 Å². The van der Waals surface area contributed by atoms with Crippen molar-refractivity contribution in [3.63, 3.8) is 0 Å². The monoisotopic (exact) mass is 194 g/mol. The molecule has 0 aromatic rings. The molecular formula is C13H22O. The standard InChI is InChI=1S/C13H22O/c1-12(2)7-9-13(14,10-8-12)6-5-11-3-4-11/h7,9,11,14H,3-6,8,10H2,1-2H3. The molecule has 2 aliphatic carbocycles. The predicted molar refractivity (Wildman–Crippen MR) is 59.1 cm³/mol. The van der Waals surface area contributed by atoms with Crippen molar-refractivity contribution in [1.29, 1.82) is 0 Å². The molecule has 0 aliphatic heterocycles. The maximum Gasteiger partial charge on any atom is 0.0828 e. The van der Waals surface area contributed by atoms with Gasteiger partial charge in [-0.05, 0) is 37.0 Å². The number of aliphatic hydroxyl groups is 1. The summed E-state index contributed by atoms with van der Waals surface area (Å²) in [4.78, 5) is 0. The summed E-state index contributed by atoms with van der Waals surface area (Å²) in [6.45, 7) is 4.48. The van der Waals surface area contributed by atoms with Crippen molar-refractivity contribution in [3.05, 3.63) is 12.2 Å². The summed E-state index contributed by atoms with van der Waals surface area (Å²) in [6.07, 6.45) is 11.3. The maximum absolute atomic E-state index is 10.3. The number of rotatable bonds is 3. The molecule has 1 atom stereocenters. The molecule has 0 aromatic carbocycles. The Morgan fingerprint density at radius 1 is 1.21 bits per heavy atom. The SMILES string of the molecule is CC1(C)C=CC(O)(CCC2CC2)CC1. The largest absolute Gasteiger partial charge is 0.386 e. The highest BCUT2D eigenvalue weighted by molar-refractivity contribution is 5.11. The zero-order valence-electron chi connectivity index (χ0n) is 9.42. The van der Waals surface area contributed by atoms with Gasteiger partial charge >= 0.3 is 0 Å². The van der Waals surface area contributed by atoms with Crippen molar-refractivity contribution in [1.82, 2.24) is 0 Å². The van der Waals surface area contributed by atoms with Crippen molar-refractivity contribution in [2.75, 3.05) is 0 Å². The van der Waals surface area contributed by atoms with Crippen LogP contribution < -0.4 is 0 Å². The zero-order valence-corrected chi connectivity index (χ0v) is 9.42. The summed E-state index contributed by atoms with van der Waals surface area (Å²) in [5.74, 6) is 0.933. The normalized spacial score (nSPS) is 35.9. The molecular weight excluding hydrogens is 172 g/mol. The minimum absolute atomic E-state index is 0.297. The maximum atomic E-state index is 10.3. The van der Waals surface area contributed by atoms with Gasteiger partial charge in [-0.2, -0.15) is 0 Å². The fourth-order valence-corrected chi connectivity index (χ4v) is 2.15. The second-order valence-electron chi connectivity index (χ2n) is 5.91. The van der Waals surface area contributed by atoms with E-state index >= 15 is 0 Å². The second kappa shape index (κ2) is 3.37. The van der Waals surface area contributed by atoms with E-state index in [4.69, 9.17) is 0 Å².